The van der Waals surface area contributed by atoms with Crippen molar-refractivity contribution in [3.63, 3.8) is 0 Å². The molecule has 0 atom stereocenters. The molecular weight excluding hydrogens is 298 g/mol. The minimum atomic E-state index is -0.564. The van der Waals surface area contributed by atoms with Crippen molar-refractivity contribution in [3.05, 3.63) is 16.7 Å². The SMILES string of the molecule is CC(C)(CC(N)=O)n1c(N)nc2cc(Br)cnc21. The Balaban J connectivity index is 2.63. The molecule has 0 saturated heterocycles. The van der Waals surface area contributed by atoms with E-state index in [9.17, 15) is 4.79 Å². The van der Waals surface area contributed by atoms with Gasteiger partial charge in [0, 0.05) is 17.1 Å². The Kier molecular flexibility index (Phi) is 3.02. The normalized spacial score (nSPS) is 11.9. The molecule has 2 heterocycles. The average molecular weight is 312 g/mol. The lowest BCUT2D eigenvalue weighted by atomic mass is 10.00. The first-order valence-corrected chi connectivity index (χ1v) is 6.19. The topological polar surface area (TPSA) is 99.8 Å². The van der Waals surface area contributed by atoms with Crippen LogP contribution in [-0.4, -0.2) is 20.4 Å². The second-order valence-corrected chi connectivity index (χ2v) is 5.67. The van der Waals surface area contributed by atoms with Gasteiger partial charge in [0.05, 0.1) is 5.54 Å². The summed E-state index contributed by atoms with van der Waals surface area (Å²) in [5, 5.41) is 0. The van der Waals surface area contributed by atoms with Crippen LogP contribution in [0.1, 0.15) is 20.3 Å². The monoisotopic (exact) mass is 311 g/mol. The Bertz CT molecular complexity index is 619. The van der Waals surface area contributed by atoms with Crippen molar-refractivity contribution in [1.82, 2.24) is 14.5 Å². The largest absolute Gasteiger partial charge is 0.370 e. The molecule has 0 spiro atoms. The average Bonchev–Trinajstić information content (AvgIpc) is 2.51. The first-order chi connectivity index (χ1) is 8.31. The van der Waals surface area contributed by atoms with Gasteiger partial charge in [0.2, 0.25) is 11.9 Å². The molecule has 0 unspecified atom stereocenters. The molecule has 1 amide bonds. The summed E-state index contributed by atoms with van der Waals surface area (Å²) in [6, 6.07) is 1.83. The third-order valence-electron chi connectivity index (χ3n) is 2.70. The van der Waals surface area contributed by atoms with Crippen LogP contribution in [0.3, 0.4) is 0 Å². The molecule has 0 aliphatic rings. The minimum Gasteiger partial charge on any atom is -0.370 e. The van der Waals surface area contributed by atoms with Crippen LogP contribution in [0.2, 0.25) is 0 Å². The third kappa shape index (κ3) is 2.17. The lowest BCUT2D eigenvalue weighted by molar-refractivity contribution is -0.119. The number of imidazole rings is 1. The highest BCUT2D eigenvalue weighted by Crippen LogP contribution is 2.29. The molecular formula is C11H14BrN5O. The number of hydrogen-bond donors (Lipinski definition) is 2. The van der Waals surface area contributed by atoms with Gasteiger partial charge >= 0.3 is 0 Å². The van der Waals surface area contributed by atoms with Gasteiger partial charge in [0.15, 0.2) is 5.65 Å². The van der Waals surface area contributed by atoms with Crippen molar-refractivity contribution in [3.8, 4) is 0 Å². The van der Waals surface area contributed by atoms with E-state index in [1.54, 1.807) is 10.8 Å². The fraction of sp³-hybridized carbons (Fsp3) is 0.364. The molecule has 0 saturated carbocycles. The number of aromatic nitrogens is 3. The van der Waals surface area contributed by atoms with Crippen molar-refractivity contribution in [2.45, 2.75) is 25.8 Å². The molecule has 0 aliphatic heterocycles. The quantitative estimate of drug-likeness (QED) is 0.894. The summed E-state index contributed by atoms with van der Waals surface area (Å²) in [4.78, 5) is 19.7. The van der Waals surface area contributed by atoms with Crippen molar-refractivity contribution < 1.29 is 4.79 Å². The smallest absolute Gasteiger partial charge is 0.219 e. The van der Waals surface area contributed by atoms with E-state index in [4.69, 9.17) is 11.5 Å². The molecule has 2 aromatic heterocycles. The van der Waals surface area contributed by atoms with E-state index < -0.39 is 11.4 Å². The lowest BCUT2D eigenvalue weighted by Crippen LogP contribution is -2.33. The highest BCUT2D eigenvalue weighted by atomic mass is 79.9. The Morgan fingerprint density at radius 1 is 1.56 bits per heavy atom. The molecule has 7 heteroatoms. The maximum Gasteiger partial charge on any atom is 0.219 e. The highest BCUT2D eigenvalue weighted by molar-refractivity contribution is 9.10. The van der Waals surface area contributed by atoms with Crippen LogP contribution in [0.15, 0.2) is 16.7 Å². The number of hydrogen-bond acceptors (Lipinski definition) is 4. The number of nitrogen functional groups attached to an aromatic ring is 1. The molecule has 2 rings (SSSR count). The zero-order valence-electron chi connectivity index (χ0n) is 10.1. The van der Waals surface area contributed by atoms with Gasteiger partial charge in [-0.05, 0) is 35.8 Å². The lowest BCUT2D eigenvalue weighted by Gasteiger charge is -2.26. The van der Waals surface area contributed by atoms with Crippen molar-refractivity contribution in [2.75, 3.05) is 5.73 Å². The van der Waals surface area contributed by atoms with Crippen LogP contribution in [-0.2, 0) is 10.3 Å². The second kappa shape index (κ2) is 4.24. The van der Waals surface area contributed by atoms with Gasteiger partial charge in [-0.1, -0.05) is 0 Å². The maximum atomic E-state index is 11.1. The van der Waals surface area contributed by atoms with Gasteiger partial charge in [-0.3, -0.25) is 9.36 Å². The van der Waals surface area contributed by atoms with E-state index in [0.29, 0.717) is 17.1 Å². The van der Waals surface area contributed by atoms with E-state index in [-0.39, 0.29) is 6.42 Å². The van der Waals surface area contributed by atoms with Crippen molar-refractivity contribution in [2.24, 2.45) is 5.73 Å². The van der Waals surface area contributed by atoms with Gasteiger partial charge in [-0.15, -0.1) is 0 Å². The fourth-order valence-corrected chi connectivity index (χ4v) is 2.38. The molecule has 0 aromatic carbocycles. The number of nitrogens with two attached hydrogens (primary N) is 2. The molecule has 6 nitrogen and oxygen atoms in total. The van der Waals surface area contributed by atoms with Gasteiger partial charge in [-0.2, -0.15) is 0 Å². The predicted molar refractivity (Wildman–Crippen MR) is 72.8 cm³/mol. The number of carbonyl (C=O) groups excluding carboxylic acids is 1. The van der Waals surface area contributed by atoms with Gasteiger partial charge < -0.3 is 11.5 Å². The van der Waals surface area contributed by atoms with E-state index in [0.717, 1.165) is 4.47 Å². The summed E-state index contributed by atoms with van der Waals surface area (Å²) in [6.07, 6.45) is 1.83. The standard InChI is InChI=1S/C11H14BrN5O/c1-11(2,4-8(13)18)17-9-7(16-10(17)14)3-6(12)5-15-9/h3,5H,4H2,1-2H3,(H2,13,18)(H2,14,16). The zero-order chi connectivity index (χ0) is 13.5. The molecule has 96 valence electrons. The number of nitrogens with zero attached hydrogens (tertiary/aromatic N) is 3. The van der Waals surface area contributed by atoms with E-state index in [1.807, 2.05) is 19.9 Å². The van der Waals surface area contributed by atoms with Crippen LogP contribution >= 0.6 is 15.9 Å². The Morgan fingerprint density at radius 3 is 2.83 bits per heavy atom. The van der Waals surface area contributed by atoms with Gasteiger partial charge in [0.25, 0.3) is 0 Å². The van der Waals surface area contributed by atoms with Crippen LogP contribution in [0.4, 0.5) is 5.95 Å². The predicted octanol–water partition coefficient (Wildman–Crippen LogP) is 1.39. The van der Waals surface area contributed by atoms with Gasteiger partial charge in [0.1, 0.15) is 5.52 Å². The van der Waals surface area contributed by atoms with Crippen molar-refractivity contribution >= 4 is 38.9 Å². The number of fused-ring (bicyclic) bond motifs is 1. The van der Waals surface area contributed by atoms with Crippen LogP contribution < -0.4 is 11.5 Å². The Labute approximate surface area is 113 Å². The number of pyridine rings is 1. The second-order valence-electron chi connectivity index (χ2n) is 4.76. The third-order valence-corrected chi connectivity index (χ3v) is 3.14. The summed E-state index contributed by atoms with van der Waals surface area (Å²) in [5.74, 6) is -0.0692. The Hall–Kier alpha value is -1.63. The van der Waals surface area contributed by atoms with E-state index in [2.05, 4.69) is 25.9 Å². The van der Waals surface area contributed by atoms with Gasteiger partial charge in [-0.25, -0.2) is 9.97 Å². The van der Waals surface area contributed by atoms with Crippen LogP contribution in [0.5, 0.6) is 0 Å². The number of primary amides is 1. The molecule has 0 aliphatic carbocycles. The first kappa shape index (κ1) is 12.8. The molecule has 0 fully saturated rings. The summed E-state index contributed by atoms with van der Waals surface area (Å²) in [6.45, 7) is 3.75. The summed E-state index contributed by atoms with van der Waals surface area (Å²) < 4.78 is 2.56. The minimum absolute atomic E-state index is 0.167. The molecule has 2 aromatic rings. The number of halogens is 1. The number of rotatable bonds is 3. The van der Waals surface area contributed by atoms with Crippen LogP contribution in [0.25, 0.3) is 11.2 Å². The number of anilines is 1. The van der Waals surface area contributed by atoms with Crippen molar-refractivity contribution in [1.29, 1.82) is 0 Å². The molecule has 18 heavy (non-hydrogen) atoms. The molecule has 0 radical (unpaired) electrons. The molecule has 0 bridgehead atoms. The van der Waals surface area contributed by atoms with E-state index in [1.165, 1.54) is 0 Å². The summed E-state index contributed by atoms with van der Waals surface area (Å²) in [5.41, 5.74) is 11.9. The maximum absolute atomic E-state index is 11.1. The summed E-state index contributed by atoms with van der Waals surface area (Å²) >= 11 is 3.33. The first-order valence-electron chi connectivity index (χ1n) is 5.39. The highest BCUT2D eigenvalue weighted by Gasteiger charge is 2.27. The Morgan fingerprint density at radius 2 is 2.22 bits per heavy atom. The summed E-state index contributed by atoms with van der Waals surface area (Å²) in [7, 11) is 0. The van der Waals surface area contributed by atoms with Crippen LogP contribution in [0, 0.1) is 0 Å². The number of amides is 1. The fourth-order valence-electron chi connectivity index (χ4n) is 2.06. The molecule has 4 N–H and O–H groups in total. The zero-order valence-corrected chi connectivity index (χ0v) is 11.7. The van der Waals surface area contributed by atoms with E-state index >= 15 is 0 Å². The number of carbonyl (C=O) groups is 1.